The van der Waals surface area contributed by atoms with E-state index in [1.165, 1.54) is 0 Å². The lowest BCUT2D eigenvalue weighted by Gasteiger charge is -2.34. The van der Waals surface area contributed by atoms with Crippen molar-refractivity contribution in [1.29, 1.82) is 0 Å². The molecule has 1 aromatic heterocycles. The molecule has 0 spiro atoms. The van der Waals surface area contributed by atoms with E-state index in [2.05, 4.69) is 15.3 Å². The van der Waals surface area contributed by atoms with Crippen LogP contribution in [-0.4, -0.2) is 46.2 Å². The van der Waals surface area contributed by atoms with Crippen molar-refractivity contribution in [3.8, 4) is 0 Å². The van der Waals surface area contributed by atoms with Crippen LogP contribution < -0.4 is 5.32 Å². The highest BCUT2D eigenvalue weighted by Crippen LogP contribution is 2.19. The molecule has 0 radical (unpaired) electrons. The second-order valence-electron chi connectivity index (χ2n) is 6.54. The van der Waals surface area contributed by atoms with Gasteiger partial charge in [-0.1, -0.05) is 0 Å². The number of nitrogens with zero attached hydrogens (tertiary/aromatic N) is 3. The predicted octanol–water partition coefficient (Wildman–Crippen LogP) is 2.67. The first-order chi connectivity index (χ1) is 10.3. The standard InChI is InChI=1S/C15H23FN4O2/c1-15(2,3)22-14(21)20-6-4-5-11(10-20)7-17-13-18-8-12(16)9-19-13/h8-9,11H,4-7,10H2,1-3H3,(H,17,18,19)/t11-/m0/s1. The Labute approximate surface area is 130 Å². The molecular weight excluding hydrogens is 287 g/mol. The largest absolute Gasteiger partial charge is 0.444 e. The molecule has 0 aliphatic carbocycles. The lowest BCUT2D eigenvalue weighted by atomic mass is 9.98. The summed E-state index contributed by atoms with van der Waals surface area (Å²) in [7, 11) is 0. The summed E-state index contributed by atoms with van der Waals surface area (Å²) in [6, 6.07) is 0. The van der Waals surface area contributed by atoms with E-state index in [-0.39, 0.29) is 6.09 Å². The maximum atomic E-state index is 12.7. The fraction of sp³-hybridized carbons (Fsp3) is 0.667. The Hall–Kier alpha value is -1.92. The molecule has 2 rings (SSSR count). The number of hydrogen-bond donors (Lipinski definition) is 1. The number of ether oxygens (including phenoxy) is 1. The molecule has 7 heteroatoms. The number of rotatable bonds is 3. The zero-order valence-electron chi connectivity index (χ0n) is 13.3. The van der Waals surface area contributed by atoms with E-state index in [9.17, 15) is 9.18 Å². The Morgan fingerprint density at radius 2 is 2.14 bits per heavy atom. The molecule has 2 heterocycles. The highest BCUT2D eigenvalue weighted by atomic mass is 19.1. The van der Waals surface area contributed by atoms with Crippen molar-refractivity contribution in [2.45, 2.75) is 39.2 Å². The number of likely N-dealkylation sites (tertiary alicyclic amines) is 1. The van der Waals surface area contributed by atoms with Gasteiger partial charge in [-0.2, -0.15) is 0 Å². The van der Waals surface area contributed by atoms with Crippen LogP contribution in [0.25, 0.3) is 0 Å². The second kappa shape index (κ2) is 6.89. The number of carbonyl (C=O) groups is 1. The number of anilines is 1. The van der Waals surface area contributed by atoms with Crippen LogP contribution in [0.4, 0.5) is 15.1 Å². The van der Waals surface area contributed by atoms with Crippen LogP contribution >= 0.6 is 0 Å². The lowest BCUT2D eigenvalue weighted by Crippen LogP contribution is -2.44. The van der Waals surface area contributed by atoms with E-state index in [0.717, 1.165) is 31.8 Å². The predicted molar refractivity (Wildman–Crippen MR) is 81.0 cm³/mol. The molecule has 1 amide bonds. The van der Waals surface area contributed by atoms with Gasteiger partial charge in [-0.15, -0.1) is 0 Å². The van der Waals surface area contributed by atoms with E-state index in [1.54, 1.807) is 4.90 Å². The van der Waals surface area contributed by atoms with Crippen molar-refractivity contribution >= 4 is 12.0 Å². The zero-order valence-corrected chi connectivity index (χ0v) is 13.3. The van der Waals surface area contributed by atoms with Crippen LogP contribution in [0.3, 0.4) is 0 Å². The molecule has 22 heavy (non-hydrogen) atoms. The highest BCUT2D eigenvalue weighted by Gasteiger charge is 2.27. The van der Waals surface area contributed by atoms with E-state index < -0.39 is 11.4 Å². The van der Waals surface area contributed by atoms with Crippen molar-refractivity contribution in [3.63, 3.8) is 0 Å². The van der Waals surface area contributed by atoms with Crippen LogP contribution in [-0.2, 0) is 4.74 Å². The number of amides is 1. The van der Waals surface area contributed by atoms with E-state index in [4.69, 9.17) is 4.74 Å². The Morgan fingerprint density at radius 3 is 2.77 bits per heavy atom. The van der Waals surface area contributed by atoms with Gasteiger partial charge >= 0.3 is 6.09 Å². The van der Waals surface area contributed by atoms with Gasteiger partial charge in [0, 0.05) is 19.6 Å². The van der Waals surface area contributed by atoms with Crippen molar-refractivity contribution in [1.82, 2.24) is 14.9 Å². The van der Waals surface area contributed by atoms with Gasteiger partial charge in [-0.25, -0.2) is 19.2 Å². The minimum Gasteiger partial charge on any atom is -0.444 e. The van der Waals surface area contributed by atoms with Crippen molar-refractivity contribution in [2.24, 2.45) is 5.92 Å². The third kappa shape index (κ3) is 5.13. The third-order valence-electron chi connectivity index (χ3n) is 3.34. The Balaban J connectivity index is 1.82. The molecule has 1 N–H and O–H groups in total. The fourth-order valence-electron chi connectivity index (χ4n) is 2.36. The van der Waals surface area contributed by atoms with Gasteiger partial charge in [0.1, 0.15) is 5.60 Å². The average Bonchev–Trinajstić information content (AvgIpc) is 2.45. The quantitative estimate of drug-likeness (QED) is 0.929. The number of hydrogen-bond acceptors (Lipinski definition) is 5. The number of halogens is 1. The Kier molecular flexibility index (Phi) is 5.15. The molecule has 0 unspecified atom stereocenters. The van der Waals surface area contributed by atoms with Crippen LogP contribution in [0.15, 0.2) is 12.4 Å². The molecular formula is C15H23FN4O2. The van der Waals surface area contributed by atoms with Gasteiger partial charge in [-0.05, 0) is 39.5 Å². The summed E-state index contributed by atoms with van der Waals surface area (Å²) < 4.78 is 18.1. The van der Waals surface area contributed by atoms with Gasteiger partial charge < -0.3 is 15.0 Å². The number of piperidine rings is 1. The second-order valence-corrected chi connectivity index (χ2v) is 6.54. The molecule has 1 saturated heterocycles. The Morgan fingerprint density at radius 1 is 1.45 bits per heavy atom. The van der Waals surface area contributed by atoms with Gasteiger partial charge in [0.15, 0.2) is 5.82 Å². The zero-order chi connectivity index (χ0) is 16.2. The number of carbonyl (C=O) groups excluding carboxylic acids is 1. The van der Waals surface area contributed by atoms with Crippen molar-refractivity contribution in [3.05, 3.63) is 18.2 Å². The summed E-state index contributed by atoms with van der Waals surface area (Å²) in [4.78, 5) is 21.6. The molecule has 1 aliphatic rings. The van der Waals surface area contributed by atoms with Gasteiger partial charge in [0.25, 0.3) is 0 Å². The van der Waals surface area contributed by atoms with E-state index in [0.29, 0.717) is 25.0 Å². The summed E-state index contributed by atoms with van der Waals surface area (Å²) in [5, 5.41) is 3.08. The molecule has 1 aliphatic heterocycles. The lowest BCUT2D eigenvalue weighted by molar-refractivity contribution is 0.0172. The summed E-state index contributed by atoms with van der Waals surface area (Å²) in [5.74, 6) is 0.241. The van der Waals surface area contributed by atoms with E-state index >= 15 is 0 Å². The normalized spacial score (nSPS) is 18.9. The monoisotopic (exact) mass is 310 g/mol. The summed E-state index contributed by atoms with van der Waals surface area (Å²) in [6.45, 7) is 7.59. The SMILES string of the molecule is CC(C)(C)OC(=O)N1CCC[C@@H](CNc2ncc(F)cn2)C1. The van der Waals surface area contributed by atoms with Crippen LogP contribution in [0.2, 0.25) is 0 Å². The Bertz CT molecular complexity index is 501. The molecule has 1 fully saturated rings. The molecule has 122 valence electrons. The van der Waals surface area contributed by atoms with Crippen molar-refractivity contribution < 1.29 is 13.9 Å². The van der Waals surface area contributed by atoms with Gasteiger partial charge in [-0.3, -0.25) is 0 Å². The minimum atomic E-state index is -0.482. The highest BCUT2D eigenvalue weighted by molar-refractivity contribution is 5.68. The van der Waals surface area contributed by atoms with E-state index in [1.807, 2.05) is 20.8 Å². The topological polar surface area (TPSA) is 67.3 Å². The van der Waals surface area contributed by atoms with Crippen LogP contribution in [0.5, 0.6) is 0 Å². The molecule has 0 bridgehead atoms. The van der Waals surface area contributed by atoms with Crippen molar-refractivity contribution in [2.75, 3.05) is 25.0 Å². The van der Waals surface area contributed by atoms with Gasteiger partial charge in [0.2, 0.25) is 5.95 Å². The van der Waals surface area contributed by atoms with Crippen LogP contribution in [0, 0.1) is 11.7 Å². The summed E-state index contributed by atoms with van der Waals surface area (Å²) in [5.41, 5.74) is -0.482. The number of aromatic nitrogens is 2. The summed E-state index contributed by atoms with van der Waals surface area (Å²) >= 11 is 0. The van der Waals surface area contributed by atoms with Crippen LogP contribution in [0.1, 0.15) is 33.6 Å². The first-order valence-electron chi connectivity index (χ1n) is 7.53. The maximum Gasteiger partial charge on any atom is 0.410 e. The molecule has 6 nitrogen and oxygen atoms in total. The molecule has 1 atom stereocenters. The minimum absolute atomic E-state index is 0.268. The maximum absolute atomic E-state index is 12.7. The first-order valence-corrected chi connectivity index (χ1v) is 7.53. The number of nitrogens with one attached hydrogen (secondary N) is 1. The smallest absolute Gasteiger partial charge is 0.410 e. The van der Waals surface area contributed by atoms with Gasteiger partial charge in [0.05, 0.1) is 12.4 Å². The fourth-order valence-corrected chi connectivity index (χ4v) is 2.36. The average molecular weight is 310 g/mol. The molecule has 0 aromatic carbocycles. The first kappa shape index (κ1) is 16.5. The molecule has 0 saturated carbocycles. The molecule has 1 aromatic rings. The summed E-state index contributed by atoms with van der Waals surface area (Å²) in [6.07, 6.45) is 3.95. The third-order valence-corrected chi connectivity index (χ3v) is 3.34.